The van der Waals surface area contributed by atoms with Crippen molar-refractivity contribution in [1.29, 1.82) is 0 Å². The van der Waals surface area contributed by atoms with E-state index in [0.29, 0.717) is 0 Å². The Bertz CT molecular complexity index is 640. The number of H-pyrrole nitrogens is 1. The predicted octanol–water partition coefficient (Wildman–Crippen LogP) is 2.98. The number of imidazole rings is 1. The molecule has 2 aromatic heterocycles. The van der Waals surface area contributed by atoms with Gasteiger partial charge >= 0.3 is 0 Å². The third kappa shape index (κ3) is 1.85. The van der Waals surface area contributed by atoms with Crippen LogP contribution in [0.2, 0.25) is 0 Å². The molecule has 86 valence electrons. The van der Waals surface area contributed by atoms with E-state index in [1.54, 1.807) is 11.3 Å². The number of aryl methyl sites for hydroxylation is 1. The van der Waals surface area contributed by atoms with Crippen molar-refractivity contribution >= 4 is 22.4 Å². The van der Waals surface area contributed by atoms with Gasteiger partial charge in [-0.1, -0.05) is 12.1 Å². The number of aromatic amines is 1. The quantitative estimate of drug-likeness (QED) is 0.727. The number of rotatable bonds is 2. The largest absolute Gasteiger partial charge is 0.340 e. The summed E-state index contributed by atoms with van der Waals surface area (Å²) in [6, 6.07) is 10.0. The van der Waals surface area contributed by atoms with Crippen LogP contribution in [0.3, 0.4) is 0 Å². The highest BCUT2D eigenvalue weighted by Gasteiger charge is 2.14. The van der Waals surface area contributed by atoms with E-state index in [4.69, 9.17) is 5.73 Å². The van der Waals surface area contributed by atoms with Gasteiger partial charge in [0.2, 0.25) is 0 Å². The fraction of sp³-hybridized carbons (Fsp3) is 0.154. The number of hydrogen-bond acceptors (Lipinski definition) is 3. The molecule has 0 radical (unpaired) electrons. The standard InChI is InChI=1S/C13H13N3S/c1-8-4-5-9-10(7-8)16-13(15-9)12(14)11-3-2-6-17-11/h2-7,12H,14H2,1H3,(H,15,16). The molecule has 0 saturated heterocycles. The summed E-state index contributed by atoms with van der Waals surface area (Å²) in [5, 5.41) is 2.03. The lowest BCUT2D eigenvalue weighted by molar-refractivity contribution is 0.822. The number of nitrogens with one attached hydrogen (secondary N) is 1. The number of hydrogen-bond donors (Lipinski definition) is 2. The van der Waals surface area contributed by atoms with Crippen molar-refractivity contribution in [3.8, 4) is 0 Å². The van der Waals surface area contributed by atoms with E-state index >= 15 is 0 Å². The zero-order valence-electron chi connectivity index (χ0n) is 9.47. The van der Waals surface area contributed by atoms with E-state index in [1.807, 2.05) is 23.6 Å². The predicted molar refractivity (Wildman–Crippen MR) is 71.2 cm³/mol. The average Bonchev–Trinajstić information content (AvgIpc) is 2.96. The van der Waals surface area contributed by atoms with Crippen molar-refractivity contribution < 1.29 is 0 Å². The maximum atomic E-state index is 6.18. The van der Waals surface area contributed by atoms with Gasteiger partial charge in [-0.25, -0.2) is 4.98 Å². The highest BCUT2D eigenvalue weighted by Crippen LogP contribution is 2.24. The second kappa shape index (κ2) is 3.98. The van der Waals surface area contributed by atoms with Crippen LogP contribution in [0.25, 0.3) is 11.0 Å². The van der Waals surface area contributed by atoms with Crippen molar-refractivity contribution in [2.75, 3.05) is 0 Å². The first-order chi connectivity index (χ1) is 8.24. The minimum atomic E-state index is -0.164. The van der Waals surface area contributed by atoms with Gasteiger partial charge in [-0.15, -0.1) is 11.3 Å². The molecule has 4 heteroatoms. The molecule has 0 fully saturated rings. The molecule has 1 unspecified atom stereocenters. The van der Waals surface area contributed by atoms with Crippen molar-refractivity contribution in [1.82, 2.24) is 9.97 Å². The fourth-order valence-electron chi connectivity index (χ4n) is 1.89. The van der Waals surface area contributed by atoms with E-state index in [2.05, 4.69) is 29.0 Å². The van der Waals surface area contributed by atoms with Gasteiger partial charge in [0.25, 0.3) is 0 Å². The van der Waals surface area contributed by atoms with Crippen LogP contribution in [0.15, 0.2) is 35.7 Å². The Labute approximate surface area is 103 Å². The summed E-state index contributed by atoms with van der Waals surface area (Å²) in [7, 11) is 0. The van der Waals surface area contributed by atoms with Crippen molar-refractivity contribution in [2.24, 2.45) is 5.73 Å². The summed E-state index contributed by atoms with van der Waals surface area (Å²) in [4.78, 5) is 8.96. The van der Waals surface area contributed by atoms with Crippen LogP contribution in [-0.2, 0) is 0 Å². The fourth-order valence-corrected chi connectivity index (χ4v) is 2.62. The number of nitrogens with two attached hydrogens (primary N) is 1. The molecule has 1 atom stereocenters. The smallest absolute Gasteiger partial charge is 0.129 e. The minimum absolute atomic E-state index is 0.164. The SMILES string of the molecule is Cc1ccc2nc(C(N)c3cccs3)[nH]c2c1. The van der Waals surface area contributed by atoms with Gasteiger partial charge in [0.15, 0.2) is 0 Å². The lowest BCUT2D eigenvalue weighted by Gasteiger charge is -2.04. The van der Waals surface area contributed by atoms with Crippen LogP contribution in [-0.4, -0.2) is 9.97 Å². The first-order valence-electron chi connectivity index (χ1n) is 5.49. The minimum Gasteiger partial charge on any atom is -0.340 e. The molecule has 0 amide bonds. The summed E-state index contributed by atoms with van der Waals surface area (Å²) in [6.45, 7) is 2.07. The van der Waals surface area contributed by atoms with Crippen molar-refractivity contribution in [2.45, 2.75) is 13.0 Å². The van der Waals surface area contributed by atoms with Crippen molar-refractivity contribution in [3.63, 3.8) is 0 Å². The molecule has 3 N–H and O–H groups in total. The molecular weight excluding hydrogens is 230 g/mol. The molecule has 2 heterocycles. The maximum Gasteiger partial charge on any atom is 0.129 e. The Morgan fingerprint density at radius 3 is 3.00 bits per heavy atom. The van der Waals surface area contributed by atoms with Crippen molar-refractivity contribution in [3.05, 3.63) is 52.0 Å². The molecule has 3 rings (SSSR count). The average molecular weight is 243 g/mol. The Balaban J connectivity index is 2.06. The van der Waals surface area contributed by atoms with Gasteiger partial charge in [-0.05, 0) is 36.1 Å². The highest BCUT2D eigenvalue weighted by molar-refractivity contribution is 7.10. The van der Waals surface area contributed by atoms with Gasteiger partial charge < -0.3 is 10.7 Å². The Morgan fingerprint density at radius 2 is 2.24 bits per heavy atom. The Kier molecular flexibility index (Phi) is 2.46. The molecule has 3 aromatic rings. The first-order valence-corrected chi connectivity index (χ1v) is 6.37. The monoisotopic (exact) mass is 243 g/mol. The van der Waals surface area contributed by atoms with Gasteiger partial charge in [-0.2, -0.15) is 0 Å². The third-order valence-electron chi connectivity index (χ3n) is 2.80. The number of benzene rings is 1. The lowest BCUT2D eigenvalue weighted by atomic mass is 10.2. The topological polar surface area (TPSA) is 54.7 Å². The molecule has 17 heavy (non-hydrogen) atoms. The zero-order valence-corrected chi connectivity index (χ0v) is 10.3. The zero-order chi connectivity index (χ0) is 11.8. The van der Waals surface area contributed by atoms with Gasteiger partial charge in [-0.3, -0.25) is 0 Å². The summed E-state index contributed by atoms with van der Waals surface area (Å²) in [5.41, 5.74) is 9.42. The van der Waals surface area contributed by atoms with Crippen LogP contribution < -0.4 is 5.73 Å². The summed E-state index contributed by atoms with van der Waals surface area (Å²) < 4.78 is 0. The maximum absolute atomic E-state index is 6.18. The van der Waals surface area contributed by atoms with Gasteiger partial charge in [0.1, 0.15) is 5.82 Å². The normalized spacial score (nSPS) is 13.1. The molecule has 0 aliphatic heterocycles. The molecule has 0 saturated carbocycles. The molecular formula is C13H13N3S. The number of nitrogens with zero attached hydrogens (tertiary/aromatic N) is 1. The van der Waals surface area contributed by atoms with E-state index in [0.717, 1.165) is 21.7 Å². The Morgan fingerprint density at radius 1 is 1.35 bits per heavy atom. The Hall–Kier alpha value is -1.65. The van der Waals surface area contributed by atoms with E-state index < -0.39 is 0 Å². The van der Waals surface area contributed by atoms with Crippen LogP contribution in [0, 0.1) is 6.92 Å². The number of aromatic nitrogens is 2. The first kappa shape index (κ1) is 10.5. The van der Waals surface area contributed by atoms with E-state index in [1.165, 1.54) is 5.56 Å². The molecule has 0 bridgehead atoms. The van der Waals surface area contributed by atoms with Crippen LogP contribution in [0.4, 0.5) is 0 Å². The van der Waals surface area contributed by atoms with Crippen LogP contribution in [0.5, 0.6) is 0 Å². The number of thiophene rings is 1. The second-order valence-corrected chi connectivity index (χ2v) is 5.12. The summed E-state index contributed by atoms with van der Waals surface area (Å²) in [6.07, 6.45) is 0. The van der Waals surface area contributed by atoms with E-state index in [9.17, 15) is 0 Å². The second-order valence-electron chi connectivity index (χ2n) is 4.14. The summed E-state index contributed by atoms with van der Waals surface area (Å²) >= 11 is 1.65. The highest BCUT2D eigenvalue weighted by atomic mass is 32.1. The van der Waals surface area contributed by atoms with Crippen LogP contribution in [0.1, 0.15) is 22.3 Å². The molecule has 0 aliphatic rings. The van der Waals surface area contributed by atoms with E-state index in [-0.39, 0.29) is 6.04 Å². The van der Waals surface area contributed by atoms with Gasteiger partial charge in [0.05, 0.1) is 17.1 Å². The molecule has 3 nitrogen and oxygen atoms in total. The molecule has 1 aromatic carbocycles. The third-order valence-corrected chi connectivity index (χ3v) is 3.76. The van der Waals surface area contributed by atoms with Crippen LogP contribution >= 0.6 is 11.3 Å². The lowest BCUT2D eigenvalue weighted by Crippen LogP contribution is -2.11. The molecule has 0 spiro atoms. The van der Waals surface area contributed by atoms with Gasteiger partial charge in [0, 0.05) is 4.88 Å². The number of fused-ring (bicyclic) bond motifs is 1. The summed E-state index contributed by atoms with van der Waals surface area (Å²) in [5.74, 6) is 0.827. The molecule has 0 aliphatic carbocycles.